The summed E-state index contributed by atoms with van der Waals surface area (Å²) in [5, 5.41) is 20.8. The third kappa shape index (κ3) is 3.63. The molecule has 20 heavy (non-hydrogen) atoms. The Morgan fingerprint density at radius 1 is 1.20 bits per heavy atom. The first kappa shape index (κ1) is 14.2. The highest BCUT2D eigenvalue weighted by Crippen LogP contribution is 2.23. The zero-order valence-electron chi connectivity index (χ0n) is 11.0. The van der Waals surface area contributed by atoms with E-state index in [0.717, 1.165) is 25.7 Å². The van der Waals surface area contributed by atoms with Crippen molar-refractivity contribution in [1.82, 2.24) is 0 Å². The molecule has 0 aliphatic heterocycles. The summed E-state index contributed by atoms with van der Waals surface area (Å²) in [6, 6.07) is 3.82. The highest BCUT2D eigenvalue weighted by molar-refractivity contribution is 5.92. The molecule has 1 saturated carbocycles. The third-order valence-electron chi connectivity index (χ3n) is 3.30. The van der Waals surface area contributed by atoms with E-state index in [-0.39, 0.29) is 11.7 Å². The van der Waals surface area contributed by atoms with Gasteiger partial charge in [-0.15, -0.1) is 0 Å². The molecule has 0 unspecified atom stereocenters. The van der Waals surface area contributed by atoms with Crippen molar-refractivity contribution < 1.29 is 24.5 Å². The lowest BCUT2D eigenvalue weighted by molar-refractivity contribution is 0.0693. The van der Waals surface area contributed by atoms with E-state index >= 15 is 0 Å². The molecular weight excluding hydrogens is 262 g/mol. The van der Waals surface area contributed by atoms with Gasteiger partial charge in [0.1, 0.15) is 17.4 Å². The number of carboxylic acid groups (broad SMARTS) is 1. The molecule has 1 fully saturated rings. The first-order valence-electron chi connectivity index (χ1n) is 6.60. The van der Waals surface area contributed by atoms with Crippen molar-refractivity contribution >= 4 is 17.7 Å². The van der Waals surface area contributed by atoms with Gasteiger partial charge in [0.15, 0.2) is 0 Å². The molecule has 1 aliphatic rings. The van der Waals surface area contributed by atoms with Crippen molar-refractivity contribution in [3.63, 3.8) is 0 Å². The van der Waals surface area contributed by atoms with Crippen LogP contribution in [0.5, 0.6) is 5.75 Å². The molecule has 0 bridgehead atoms. The number of anilines is 1. The zero-order chi connectivity index (χ0) is 14.5. The van der Waals surface area contributed by atoms with Crippen LogP contribution >= 0.6 is 0 Å². The molecular formula is C14H17NO5. The second-order valence-electron chi connectivity index (χ2n) is 4.83. The molecule has 1 aromatic rings. The number of benzene rings is 1. The Morgan fingerprint density at radius 3 is 2.50 bits per heavy atom. The van der Waals surface area contributed by atoms with Crippen LogP contribution in [0.4, 0.5) is 10.5 Å². The van der Waals surface area contributed by atoms with E-state index in [1.54, 1.807) is 0 Å². The molecule has 0 aromatic heterocycles. The van der Waals surface area contributed by atoms with E-state index in [2.05, 4.69) is 5.32 Å². The highest BCUT2D eigenvalue weighted by Gasteiger charge is 2.18. The van der Waals surface area contributed by atoms with Gasteiger partial charge in [0, 0.05) is 11.8 Å². The number of amides is 1. The number of rotatable bonds is 3. The maximum atomic E-state index is 11.7. The fourth-order valence-electron chi connectivity index (χ4n) is 2.27. The second kappa shape index (κ2) is 6.27. The van der Waals surface area contributed by atoms with Crippen LogP contribution in [-0.2, 0) is 4.74 Å². The number of aromatic hydroxyl groups is 1. The molecule has 1 amide bonds. The Morgan fingerprint density at radius 2 is 1.90 bits per heavy atom. The van der Waals surface area contributed by atoms with E-state index in [9.17, 15) is 14.7 Å². The molecule has 108 valence electrons. The first-order valence-corrected chi connectivity index (χ1v) is 6.60. The number of hydrogen-bond acceptors (Lipinski definition) is 4. The minimum atomic E-state index is -1.22. The van der Waals surface area contributed by atoms with Crippen molar-refractivity contribution in [2.75, 3.05) is 5.32 Å². The summed E-state index contributed by atoms with van der Waals surface area (Å²) in [5.74, 6) is -1.62. The Bertz CT molecular complexity index is 508. The molecule has 1 aliphatic carbocycles. The Labute approximate surface area is 116 Å². The van der Waals surface area contributed by atoms with E-state index in [0.29, 0.717) is 5.69 Å². The smallest absolute Gasteiger partial charge is 0.411 e. The maximum Gasteiger partial charge on any atom is 0.411 e. The predicted octanol–water partition coefficient (Wildman–Crippen LogP) is 2.97. The van der Waals surface area contributed by atoms with Crippen LogP contribution in [0, 0.1) is 0 Å². The fraction of sp³-hybridized carbons (Fsp3) is 0.429. The average Bonchev–Trinajstić information content (AvgIpc) is 2.39. The Hall–Kier alpha value is -2.24. The van der Waals surface area contributed by atoms with Crippen molar-refractivity contribution in [3.8, 4) is 5.75 Å². The number of nitrogens with one attached hydrogen (secondary N) is 1. The molecule has 1 aromatic carbocycles. The summed E-state index contributed by atoms with van der Waals surface area (Å²) in [4.78, 5) is 22.4. The lowest BCUT2D eigenvalue weighted by atomic mass is 9.98. The monoisotopic (exact) mass is 279 g/mol. The van der Waals surface area contributed by atoms with Crippen molar-refractivity contribution in [2.24, 2.45) is 0 Å². The van der Waals surface area contributed by atoms with Crippen LogP contribution in [-0.4, -0.2) is 28.4 Å². The lowest BCUT2D eigenvalue weighted by Gasteiger charge is -2.21. The topological polar surface area (TPSA) is 95.9 Å². The standard InChI is InChI=1S/C14H17NO5/c16-12-8-9(6-7-11(12)13(17)18)15-14(19)20-10-4-2-1-3-5-10/h6-8,10,16H,1-5H2,(H,15,19)(H,17,18). The van der Waals surface area contributed by atoms with Gasteiger partial charge in [-0.05, 0) is 37.8 Å². The Kier molecular flexibility index (Phi) is 4.45. The SMILES string of the molecule is O=C(Nc1ccc(C(=O)O)c(O)c1)OC1CCCCC1. The minimum Gasteiger partial charge on any atom is -0.507 e. The fourth-order valence-corrected chi connectivity index (χ4v) is 2.27. The van der Waals surface area contributed by atoms with Crippen LogP contribution in [0.1, 0.15) is 42.5 Å². The van der Waals surface area contributed by atoms with Gasteiger partial charge in [0.05, 0.1) is 0 Å². The van der Waals surface area contributed by atoms with Gasteiger partial charge in [-0.1, -0.05) is 6.42 Å². The van der Waals surface area contributed by atoms with Gasteiger partial charge in [0.25, 0.3) is 0 Å². The third-order valence-corrected chi connectivity index (χ3v) is 3.30. The van der Waals surface area contributed by atoms with Crippen LogP contribution in [0.3, 0.4) is 0 Å². The largest absolute Gasteiger partial charge is 0.507 e. The number of aromatic carboxylic acids is 1. The summed E-state index contributed by atoms with van der Waals surface area (Å²) < 4.78 is 5.26. The molecule has 0 atom stereocenters. The number of carbonyl (C=O) groups excluding carboxylic acids is 1. The first-order chi connectivity index (χ1) is 9.56. The van der Waals surface area contributed by atoms with Gasteiger partial charge in [0.2, 0.25) is 0 Å². The van der Waals surface area contributed by atoms with E-state index in [1.807, 2.05) is 0 Å². The lowest BCUT2D eigenvalue weighted by Crippen LogP contribution is -2.24. The number of carbonyl (C=O) groups is 2. The number of hydrogen-bond donors (Lipinski definition) is 3. The minimum absolute atomic E-state index is 0.0596. The van der Waals surface area contributed by atoms with Gasteiger partial charge < -0.3 is 14.9 Å². The van der Waals surface area contributed by atoms with Crippen molar-refractivity contribution in [1.29, 1.82) is 0 Å². The molecule has 2 rings (SSSR count). The van der Waals surface area contributed by atoms with Crippen LogP contribution in [0.15, 0.2) is 18.2 Å². The molecule has 0 spiro atoms. The quantitative estimate of drug-likeness (QED) is 0.790. The molecule has 3 N–H and O–H groups in total. The molecule has 0 radical (unpaired) electrons. The van der Waals surface area contributed by atoms with E-state index in [4.69, 9.17) is 9.84 Å². The summed E-state index contributed by atoms with van der Waals surface area (Å²) in [6.07, 6.45) is 4.40. The second-order valence-corrected chi connectivity index (χ2v) is 4.83. The summed E-state index contributed by atoms with van der Waals surface area (Å²) in [5.41, 5.74) is 0.0875. The highest BCUT2D eigenvalue weighted by atomic mass is 16.6. The Balaban J connectivity index is 1.93. The van der Waals surface area contributed by atoms with Crippen LogP contribution in [0.2, 0.25) is 0 Å². The summed E-state index contributed by atoms with van der Waals surface area (Å²) in [7, 11) is 0. The molecule has 6 heteroatoms. The number of ether oxygens (including phenoxy) is 1. The molecule has 6 nitrogen and oxygen atoms in total. The van der Waals surface area contributed by atoms with Gasteiger partial charge in [-0.25, -0.2) is 9.59 Å². The van der Waals surface area contributed by atoms with Gasteiger partial charge >= 0.3 is 12.1 Å². The molecule has 0 heterocycles. The van der Waals surface area contributed by atoms with Crippen LogP contribution in [0.25, 0.3) is 0 Å². The van der Waals surface area contributed by atoms with E-state index < -0.39 is 17.8 Å². The van der Waals surface area contributed by atoms with Crippen molar-refractivity contribution in [3.05, 3.63) is 23.8 Å². The summed E-state index contributed by atoms with van der Waals surface area (Å²) >= 11 is 0. The van der Waals surface area contributed by atoms with Gasteiger partial charge in [-0.3, -0.25) is 5.32 Å². The average molecular weight is 279 g/mol. The number of phenols is 1. The summed E-state index contributed by atoms with van der Waals surface area (Å²) in [6.45, 7) is 0. The van der Waals surface area contributed by atoms with E-state index in [1.165, 1.54) is 24.6 Å². The normalized spacial score (nSPS) is 15.6. The number of carboxylic acids is 1. The van der Waals surface area contributed by atoms with Gasteiger partial charge in [-0.2, -0.15) is 0 Å². The maximum absolute atomic E-state index is 11.7. The zero-order valence-corrected chi connectivity index (χ0v) is 11.0. The molecule has 0 saturated heterocycles. The van der Waals surface area contributed by atoms with Crippen molar-refractivity contribution in [2.45, 2.75) is 38.2 Å². The van der Waals surface area contributed by atoms with Crippen LogP contribution < -0.4 is 5.32 Å². The predicted molar refractivity (Wildman–Crippen MR) is 72.0 cm³/mol.